The highest BCUT2D eigenvalue weighted by molar-refractivity contribution is 7.55. The van der Waals surface area contributed by atoms with Gasteiger partial charge in [0.1, 0.15) is 11.5 Å². The molecule has 1 N–H and O–H groups in total. The maximum atomic E-state index is 13.4. The smallest absolute Gasteiger partial charge is 0.486 e. The molecule has 6 heteroatoms. The Morgan fingerprint density at radius 1 is 1.03 bits per heavy atom. The van der Waals surface area contributed by atoms with Crippen LogP contribution in [0.5, 0.6) is 11.5 Å². The van der Waals surface area contributed by atoms with Gasteiger partial charge in [0.15, 0.2) is 0 Å². The molecule has 0 saturated heterocycles. The molecule has 150 valence electrons. The third-order valence-electron chi connectivity index (χ3n) is 4.98. The molecule has 3 aromatic rings. The van der Waals surface area contributed by atoms with Crippen LogP contribution >= 0.6 is 7.75 Å². The summed E-state index contributed by atoms with van der Waals surface area (Å²) in [5.74, 6) is 1.41. The van der Waals surface area contributed by atoms with Crippen molar-refractivity contribution in [3.05, 3.63) is 89.5 Å². The van der Waals surface area contributed by atoms with E-state index in [1.54, 1.807) is 31.4 Å². The zero-order valence-corrected chi connectivity index (χ0v) is 17.4. The SMILES string of the molecule is COc1ccc(NP2(=O)OCCC(c3ccccc3)c3cc(C)ccc3O2)cc1. The van der Waals surface area contributed by atoms with E-state index in [0.29, 0.717) is 24.5 Å². The molecule has 29 heavy (non-hydrogen) atoms. The van der Waals surface area contributed by atoms with Crippen LogP contribution in [-0.4, -0.2) is 13.7 Å². The van der Waals surface area contributed by atoms with Crippen molar-refractivity contribution >= 4 is 13.4 Å². The lowest BCUT2D eigenvalue weighted by molar-refractivity contribution is 0.252. The van der Waals surface area contributed by atoms with E-state index in [9.17, 15) is 4.57 Å². The fourth-order valence-electron chi connectivity index (χ4n) is 3.54. The molecule has 0 fully saturated rings. The summed E-state index contributed by atoms with van der Waals surface area (Å²) in [7, 11) is -1.98. The van der Waals surface area contributed by atoms with Gasteiger partial charge in [-0.3, -0.25) is 9.61 Å². The number of anilines is 1. The van der Waals surface area contributed by atoms with Crippen molar-refractivity contribution in [1.29, 1.82) is 0 Å². The van der Waals surface area contributed by atoms with Crippen LogP contribution in [0.4, 0.5) is 5.69 Å². The number of rotatable bonds is 4. The van der Waals surface area contributed by atoms with Crippen LogP contribution in [0.25, 0.3) is 0 Å². The van der Waals surface area contributed by atoms with Crippen LogP contribution in [0.15, 0.2) is 72.8 Å². The molecule has 0 radical (unpaired) electrons. The van der Waals surface area contributed by atoms with Gasteiger partial charge < -0.3 is 9.26 Å². The van der Waals surface area contributed by atoms with Gasteiger partial charge in [-0.25, -0.2) is 4.57 Å². The van der Waals surface area contributed by atoms with E-state index in [2.05, 4.69) is 23.3 Å². The number of hydrogen-bond acceptors (Lipinski definition) is 4. The molecule has 5 nitrogen and oxygen atoms in total. The molecule has 0 amide bonds. The van der Waals surface area contributed by atoms with Gasteiger partial charge >= 0.3 is 7.75 Å². The molecule has 1 heterocycles. The predicted octanol–water partition coefficient (Wildman–Crippen LogP) is 6.15. The summed E-state index contributed by atoms with van der Waals surface area (Å²) >= 11 is 0. The second kappa shape index (κ2) is 8.32. The minimum absolute atomic E-state index is 0.112. The van der Waals surface area contributed by atoms with Crippen molar-refractivity contribution in [3.63, 3.8) is 0 Å². The minimum Gasteiger partial charge on any atom is -0.497 e. The first-order valence-corrected chi connectivity index (χ1v) is 11.1. The Kier molecular flexibility index (Phi) is 5.61. The molecule has 0 aliphatic carbocycles. The Morgan fingerprint density at radius 3 is 2.52 bits per heavy atom. The van der Waals surface area contributed by atoms with E-state index in [1.807, 2.05) is 37.3 Å². The molecule has 4 rings (SSSR count). The normalized spacial score (nSPS) is 21.2. The van der Waals surface area contributed by atoms with Gasteiger partial charge in [-0.1, -0.05) is 48.0 Å². The molecule has 3 aromatic carbocycles. The summed E-state index contributed by atoms with van der Waals surface area (Å²) in [6.45, 7) is 2.36. The van der Waals surface area contributed by atoms with Gasteiger partial charge in [0.25, 0.3) is 0 Å². The van der Waals surface area contributed by atoms with Crippen LogP contribution in [0, 0.1) is 6.92 Å². The molecule has 0 spiro atoms. The van der Waals surface area contributed by atoms with Crippen LogP contribution in [0.3, 0.4) is 0 Å². The maximum absolute atomic E-state index is 13.4. The van der Waals surface area contributed by atoms with Gasteiger partial charge in [0.05, 0.1) is 13.7 Å². The van der Waals surface area contributed by atoms with Crippen molar-refractivity contribution in [2.24, 2.45) is 0 Å². The summed E-state index contributed by atoms with van der Waals surface area (Å²) in [6.07, 6.45) is 0.706. The van der Waals surface area contributed by atoms with Crippen molar-refractivity contribution in [2.45, 2.75) is 19.3 Å². The second-order valence-electron chi connectivity index (χ2n) is 7.06. The molecule has 1 aliphatic heterocycles. The number of hydrogen-bond donors (Lipinski definition) is 1. The summed E-state index contributed by atoms with van der Waals surface area (Å²) in [6, 6.07) is 23.4. The molecular weight excluding hydrogens is 385 g/mol. The van der Waals surface area contributed by atoms with Gasteiger partial charge in [0, 0.05) is 17.2 Å². The standard InChI is InChI=1S/C23H24NO4P/c1-17-8-13-23-22(16-17)21(18-6-4-3-5-7-18)14-15-27-29(25,28-23)24-19-9-11-20(26-2)12-10-19/h3-13,16,21H,14-15H2,1-2H3,(H,24,25). The van der Waals surface area contributed by atoms with Crippen LogP contribution in [0.2, 0.25) is 0 Å². The van der Waals surface area contributed by atoms with E-state index in [4.69, 9.17) is 13.8 Å². The predicted molar refractivity (Wildman–Crippen MR) is 115 cm³/mol. The number of methoxy groups -OCH3 is 1. The average molecular weight is 409 g/mol. The lowest BCUT2D eigenvalue weighted by Gasteiger charge is -2.29. The van der Waals surface area contributed by atoms with E-state index in [1.165, 1.54) is 5.56 Å². The highest BCUT2D eigenvalue weighted by Gasteiger charge is 2.32. The zero-order chi connectivity index (χ0) is 20.3. The molecule has 0 saturated carbocycles. The first kappa shape index (κ1) is 19.6. The summed E-state index contributed by atoms with van der Waals surface area (Å²) in [4.78, 5) is 0. The van der Waals surface area contributed by atoms with Crippen LogP contribution < -0.4 is 14.3 Å². The Morgan fingerprint density at radius 2 is 1.79 bits per heavy atom. The molecule has 0 aromatic heterocycles. The molecule has 0 bridgehead atoms. The maximum Gasteiger partial charge on any atom is 0.486 e. The van der Waals surface area contributed by atoms with E-state index in [0.717, 1.165) is 16.9 Å². The van der Waals surface area contributed by atoms with Gasteiger partial charge in [0.2, 0.25) is 0 Å². The topological polar surface area (TPSA) is 56.8 Å². The lowest BCUT2D eigenvalue weighted by atomic mass is 9.87. The third-order valence-corrected chi connectivity index (χ3v) is 6.48. The van der Waals surface area contributed by atoms with Crippen LogP contribution in [-0.2, 0) is 9.09 Å². The van der Waals surface area contributed by atoms with Crippen molar-refractivity contribution in [3.8, 4) is 11.5 Å². The number of benzene rings is 3. The van der Waals surface area contributed by atoms with Gasteiger partial charge in [-0.2, -0.15) is 0 Å². The molecule has 1 aliphatic rings. The number of fused-ring (bicyclic) bond motifs is 1. The monoisotopic (exact) mass is 409 g/mol. The van der Waals surface area contributed by atoms with Gasteiger partial charge in [-0.05, 0) is 49.2 Å². The number of nitrogens with one attached hydrogen (secondary N) is 1. The minimum atomic E-state index is -3.59. The largest absolute Gasteiger partial charge is 0.497 e. The van der Waals surface area contributed by atoms with Crippen molar-refractivity contribution in [2.75, 3.05) is 18.8 Å². The Hall–Kier alpha value is -2.75. The fraction of sp³-hybridized carbons (Fsp3) is 0.217. The summed E-state index contributed by atoms with van der Waals surface area (Å²) in [5.41, 5.74) is 3.98. The van der Waals surface area contributed by atoms with E-state index in [-0.39, 0.29) is 5.92 Å². The van der Waals surface area contributed by atoms with Crippen molar-refractivity contribution < 1.29 is 18.3 Å². The number of ether oxygens (including phenoxy) is 1. The summed E-state index contributed by atoms with van der Waals surface area (Å²) in [5, 5.41) is 2.94. The van der Waals surface area contributed by atoms with Crippen molar-refractivity contribution in [1.82, 2.24) is 0 Å². The Balaban J connectivity index is 1.67. The quantitative estimate of drug-likeness (QED) is 0.524. The second-order valence-corrected chi connectivity index (χ2v) is 8.71. The first-order valence-electron chi connectivity index (χ1n) is 9.58. The molecule has 2 unspecified atom stereocenters. The highest BCUT2D eigenvalue weighted by Crippen LogP contribution is 2.52. The molecule has 2 atom stereocenters. The third kappa shape index (κ3) is 4.47. The van der Waals surface area contributed by atoms with Crippen LogP contribution in [0.1, 0.15) is 29.0 Å². The lowest BCUT2D eigenvalue weighted by Crippen LogP contribution is -2.16. The Bertz CT molecular complexity index is 1020. The summed E-state index contributed by atoms with van der Waals surface area (Å²) < 4.78 is 30.4. The van der Waals surface area contributed by atoms with E-state index >= 15 is 0 Å². The fourth-order valence-corrected chi connectivity index (χ4v) is 4.93. The highest BCUT2D eigenvalue weighted by atomic mass is 31.2. The zero-order valence-electron chi connectivity index (χ0n) is 16.5. The number of aryl methyl sites for hydroxylation is 1. The van der Waals surface area contributed by atoms with E-state index < -0.39 is 7.75 Å². The van der Waals surface area contributed by atoms with Gasteiger partial charge in [-0.15, -0.1) is 0 Å². The molecular formula is C23H24NO4P. The Labute approximate surface area is 171 Å². The first-order chi connectivity index (χ1) is 14.1. The average Bonchev–Trinajstić information content (AvgIpc) is 2.73.